The molecule has 1 aliphatic heterocycles. The van der Waals surface area contributed by atoms with Gasteiger partial charge in [-0.3, -0.25) is 19.8 Å². The number of fused-ring (bicyclic) bond motifs is 1. The maximum absolute atomic E-state index is 13.0. The lowest BCUT2D eigenvalue weighted by Gasteiger charge is -2.24. The highest BCUT2D eigenvalue weighted by Crippen LogP contribution is 2.28. The first-order valence-corrected chi connectivity index (χ1v) is 11.9. The number of anilines is 1. The van der Waals surface area contributed by atoms with E-state index in [1.165, 1.54) is 4.90 Å². The monoisotopic (exact) mass is 506 g/mol. The van der Waals surface area contributed by atoms with E-state index in [9.17, 15) is 14.4 Å². The van der Waals surface area contributed by atoms with Gasteiger partial charge in [-0.25, -0.2) is 10.3 Å². The number of pyridine rings is 1. The fourth-order valence-corrected chi connectivity index (χ4v) is 4.17. The molecule has 4 rings (SSSR count). The Hall–Kier alpha value is -4.18. The van der Waals surface area contributed by atoms with Gasteiger partial charge in [-0.05, 0) is 56.7 Å². The zero-order valence-corrected chi connectivity index (χ0v) is 20.9. The van der Waals surface area contributed by atoms with Crippen LogP contribution in [0.15, 0.2) is 60.8 Å². The van der Waals surface area contributed by atoms with E-state index in [0.717, 1.165) is 22.2 Å². The van der Waals surface area contributed by atoms with Gasteiger partial charge in [0, 0.05) is 30.4 Å². The molecule has 0 unspecified atom stereocenters. The molecular weight excluding hydrogens is 476 g/mol. The number of hydroxylamine groups is 1. The molecule has 1 fully saturated rings. The molecule has 37 heavy (non-hydrogen) atoms. The van der Waals surface area contributed by atoms with Crippen molar-refractivity contribution in [3.63, 3.8) is 0 Å². The summed E-state index contributed by atoms with van der Waals surface area (Å²) < 4.78 is 11.4. The van der Waals surface area contributed by atoms with Crippen LogP contribution in [-0.2, 0) is 20.9 Å². The van der Waals surface area contributed by atoms with Crippen LogP contribution >= 0.6 is 0 Å². The molecule has 1 aliphatic rings. The summed E-state index contributed by atoms with van der Waals surface area (Å²) in [6.07, 6.45) is 1.08. The van der Waals surface area contributed by atoms with Crippen molar-refractivity contribution in [3.05, 3.63) is 66.4 Å². The van der Waals surface area contributed by atoms with E-state index in [1.54, 1.807) is 44.6 Å². The van der Waals surface area contributed by atoms with Crippen LogP contribution in [0.5, 0.6) is 5.75 Å². The average molecular weight is 507 g/mol. The standard InChI is InChI=1S/C27H30N4O6/c1-27(2,3)37-26(34)31-14-20(21(15-31)25(33)30-35)24(32)29-18-10-8-17(9-11-18)16-36-23-12-13-28-22-7-5-4-6-19(22)23/h4-13,20-21,35H,14-16H2,1-3H3,(H,29,32)(H,30,33)/t20-,21-/m1/s1. The summed E-state index contributed by atoms with van der Waals surface area (Å²) in [7, 11) is 0. The summed E-state index contributed by atoms with van der Waals surface area (Å²) in [5.74, 6) is -2.22. The molecule has 3 aromatic rings. The Morgan fingerprint density at radius 1 is 1.00 bits per heavy atom. The first-order chi connectivity index (χ1) is 17.6. The number of benzene rings is 2. The van der Waals surface area contributed by atoms with E-state index in [2.05, 4.69) is 10.3 Å². The minimum absolute atomic E-state index is 0.00928. The zero-order valence-electron chi connectivity index (χ0n) is 20.9. The fourth-order valence-electron chi connectivity index (χ4n) is 4.17. The van der Waals surface area contributed by atoms with Gasteiger partial charge in [-0.2, -0.15) is 0 Å². The van der Waals surface area contributed by atoms with Crippen molar-refractivity contribution in [1.29, 1.82) is 0 Å². The molecule has 0 bridgehead atoms. The molecule has 0 radical (unpaired) electrons. The number of nitrogens with one attached hydrogen (secondary N) is 2. The predicted octanol–water partition coefficient (Wildman–Crippen LogP) is 3.74. The zero-order chi connectivity index (χ0) is 26.6. The number of likely N-dealkylation sites (tertiary alicyclic amines) is 1. The predicted molar refractivity (Wildman–Crippen MR) is 136 cm³/mol. The Morgan fingerprint density at radius 3 is 2.35 bits per heavy atom. The number of para-hydroxylation sites is 1. The second-order valence-corrected chi connectivity index (χ2v) is 9.88. The highest BCUT2D eigenvalue weighted by atomic mass is 16.6. The summed E-state index contributed by atoms with van der Waals surface area (Å²) in [5, 5.41) is 12.9. The molecule has 1 saturated heterocycles. The highest BCUT2D eigenvalue weighted by Gasteiger charge is 2.44. The van der Waals surface area contributed by atoms with Gasteiger partial charge in [0.25, 0.3) is 0 Å². The molecule has 10 nitrogen and oxygen atoms in total. The number of hydrogen-bond donors (Lipinski definition) is 3. The van der Waals surface area contributed by atoms with Gasteiger partial charge in [-0.1, -0.05) is 24.3 Å². The average Bonchev–Trinajstić information content (AvgIpc) is 3.33. The Labute approximate surface area is 214 Å². The van der Waals surface area contributed by atoms with Gasteiger partial charge in [0.1, 0.15) is 18.0 Å². The summed E-state index contributed by atoms with van der Waals surface area (Å²) in [6, 6.07) is 16.7. The Balaban J connectivity index is 1.39. The van der Waals surface area contributed by atoms with E-state index in [-0.39, 0.29) is 13.1 Å². The van der Waals surface area contributed by atoms with Crippen LogP contribution in [0, 0.1) is 11.8 Å². The quantitative estimate of drug-likeness (QED) is 0.343. The van der Waals surface area contributed by atoms with Crippen molar-refractivity contribution >= 4 is 34.5 Å². The van der Waals surface area contributed by atoms with E-state index < -0.39 is 35.3 Å². The largest absolute Gasteiger partial charge is 0.488 e. The SMILES string of the molecule is CC(C)(C)OC(=O)N1C[C@@H](C(=O)NO)[C@H](C(=O)Nc2ccc(COc3ccnc4ccccc34)cc2)C1. The van der Waals surface area contributed by atoms with Crippen LogP contribution in [-0.4, -0.2) is 51.7 Å². The lowest BCUT2D eigenvalue weighted by molar-refractivity contribution is -0.137. The molecule has 2 aromatic carbocycles. The van der Waals surface area contributed by atoms with Crippen molar-refractivity contribution in [2.75, 3.05) is 18.4 Å². The minimum atomic E-state index is -0.916. The van der Waals surface area contributed by atoms with Gasteiger partial charge in [0.05, 0.1) is 17.4 Å². The second kappa shape index (κ2) is 10.8. The molecular formula is C27H30N4O6. The van der Waals surface area contributed by atoms with Crippen molar-refractivity contribution in [2.45, 2.75) is 33.0 Å². The first kappa shape index (κ1) is 25.9. The van der Waals surface area contributed by atoms with E-state index in [1.807, 2.05) is 42.5 Å². The number of amides is 3. The summed E-state index contributed by atoms with van der Waals surface area (Å²) in [4.78, 5) is 43.4. The molecule has 194 valence electrons. The molecule has 0 aliphatic carbocycles. The summed E-state index contributed by atoms with van der Waals surface area (Å²) >= 11 is 0. The Kier molecular flexibility index (Phi) is 7.58. The number of carbonyl (C=O) groups excluding carboxylic acids is 3. The molecule has 1 aromatic heterocycles. The van der Waals surface area contributed by atoms with Crippen molar-refractivity contribution < 1.29 is 29.1 Å². The number of rotatable bonds is 6. The summed E-state index contributed by atoms with van der Waals surface area (Å²) in [5.41, 5.74) is 3.15. The normalized spacial score (nSPS) is 17.4. The highest BCUT2D eigenvalue weighted by molar-refractivity contribution is 5.97. The molecule has 3 amide bonds. The lowest BCUT2D eigenvalue weighted by atomic mass is 9.94. The number of ether oxygens (including phenoxy) is 2. The minimum Gasteiger partial charge on any atom is -0.488 e. The smallest absolute Gasteiger partial charge is 0.410 e. The van der Waals surface area contributed by atoms with Crippen molar-refractivity contribution in [3.8, 4) is 5.75 Å². The van der Waals surface area contributed by atoms with Crippen LogP contribution in [0.25, 0.3) is 10.9 Å². The number of carbonyl (C=O) groups is 3. The first-order valence-electron chi connectivity index (χ1n) is 11.9. The van der Waals surface area contributed by atoms with Gasteiger partial charge in [-0.15, -0.1) is 0 Å². The van der Waals surface area contributed by atoms with Crippen molar-refractivity contribution in [2.24, 2.45) is 11.8 Å². The van der Waals surface area contributed by atoms with Gasteiger partial charge < -0.3 is 19.7 Å². The maximum Gasteiger partial charge on any atom is 0.410 e. The summed E-state index contributed by atoms with van der Waals surface area (Å²) in [6.45, 7) is 5.48. The van der Waals surface area contributed by atoms with E-state index >= 15 is 0 Å². The molecule has 0 spiro atoms. The molecule has 0 saturated carbocycles. The van der Waals surface area contributed by atoms with Gasteiger partial charge >= 0.3 is 6.09 Å². The second-order valence-electron chi connectivity index (χ2n) is 9.88. The van der Waals surface area contributed by atoms with Gasteiger partial charge in [0.15, 0.2) is 0 Å². The number of nitrogens with zero attached hydrogens (tertiary/aromatic N) is 2. The third-order valence-electron chi connectivity index (χ3n) is 5.98. The Morgan fingerprint density at radius 2 is 1.68 bits per heavy atom. The van der Waals surface area contributed by atoms with Gasteiger partial charge in [0.2, 0.25) is 11.8 Å². The maximum atomic E-state index is 13.0. The van der Waals surface area contributed by atoms with E-state index in [0.29, 0.717) is 12.3 Å². The Bertz CT molecular complexity index is 1280. The fraction of sp³-hybridized carbons (Fsp3) is 0.333. The van der Waals surface area contributed by atoms with E-state index in [4.69, 9.17) is 14.7 Å². The topological polar surface area (TPSA) is 130 Å². The third kappa shape index (κ3) is 6.34. The van der Waals surface area contributed by atoms with Crippen LogP contribution in [0.3, 0.4) is 0 Å². The van der Waals surface area contributed by atoms with Crippen LogP contribution in [0.4, 0.5) is 10.5 Å². The molecule has 2 atom stereocenters. The van der Waals surface area contributed by atoms with Crippen molar-refractivity contribution in [1.82, 2.24) is 15.4 Å². The number of hydrogen-bond acceptors (Lipinski definition) is 7. The number of aromatic nitrogens is 1. The molecule has 3 N–H and O–H groups in total. The van der Waals surface area contributed by atoms with Crippen LogP contribution < -0.4 is 15.5 Å². The van der Waals surface area contributed by atoms with Crippen LogP contribution in [0.2, 0.25) is 0 Å². The lowest BCUT2D eigenvalue weighted by Crippen LogP contribution is -2.38. The molecule has 10 heteroatoms. The third-order valence-corrected chi connectivity index (χ3v) is 5.98. The molecule has 2 heterocycles. The van der Waals surface area contributed by atoms with Crippen LogP contribution in [0.1, 0.15) is 26.3 Å².